The molecule has 0 fully saturated rings. The molecule has 66 valence electrons. The Hall–Kier alpha value is -0.250. The van der Waals surface area contributed by atoms with Crippen molar-refractivity contribution in [1.82, 2.24) is 0 Å². The largest absolute Gasteiger partial charge is 0.142 e. The summed E-state index contributed by atoms with van der Waals surface area (Å²) in [7, 11) is 0. The van der Waals surface area contributed by atoms with Crippen LogP contribution in [0.3, 0.4) is 0 Å². The van der Waals surface area contributed by atoms with Crippen molar-refractivity contribution >= 4 is 48.7 Å². The second kappa shape index (κ2) is 3.48. The van der Waals surface area contributed by atoms with E-state index in [1.54, 1.807) is 0 Å². The SMILES string of the molecule is Sc1cc2ccccc2c(S)c1S. The van der Waals surface area contributed by atoms with Crippen LogP contribution in [0, 0.1) is 0 Å². The van der Waals surface area contributed by atoms with Crippen LogP contribution in [0.4, 0.5) is 0 Å². The van der Waals surface area contributed by atoms with Crippen molar-refractivity contribution in [2.45, 2.75) is 14.7 Å². The normalized spacial score (nSPS) is 10.7. The zero-order chi connectivity index (χ0) is 9.42. The number of thiol groups is 3. The number of benzene rings is 2. The van der Waals surface area contributed by atoms with E-state index in [4.69, 9.17) is 0 Å². The smallest absolute Gasteiger partial charge is 0.0314 e. The summed E-state index contributed by atoms with van der Waals surface area (Å²) in [5.41, 5.74) is 0. The van der Waals surface area contributed by atoms with Gasteiger partial charge >= 0.3 is 0 Å². The van der Waals surface area contributed by atoms with Crippen molar-refractivity contribution in [3.8, 4) is 0 Å². The van der Waals surface area contributed by atoms with Crippen LogP contribution in [-0.4, -0.2) is 0 Å². The summed E-state index contributed by atoms with van der Waals surface area (Å²) in [5, 5.41) is 2.27. The highest BCUT2D eigenvalue weighted by molar-refractivity contribution is 7.85. The molecule has 0 unspecified atom stereocenters. The van der Waals surface area contributed by atoms with E-state index in [1.807, 2.05) is 30.3 Å². The molecule has 0 aliphatic rings. The van der Waals surface area contributed by atoms with E-state index in [1.165, 1.54) is 0 Å². The van der Waals surface area contributed by atoms with Gasteiger partial charge in [-0.05, 0) is 16.8 Å². The molecule has 0 N–H and O–H groups in total. The third-order valence-electron chi connectivity index (χ3n) is 1.98. The lowest BCUT2D eigenvalue weighted by Crippen LogP contribution is -1.79. The molecule has 0 heterocycles. The summed E-state index contributed by atoms with van der Waals surface area (Å²) in [6.45, 7) is 0. The maximum Gasteiger partial charge on any atom is 0.0314 e. The van der Waals surface area contributed by atoms with Crippen LogP contribution in [-0.2, 0) is 0 Å². The van der Waals surface area contributed by atoms with Gasteiger partial charge in [0.1, 0.15) is 0 Å². The topological polar surface area (TPSA) is 0 Å². The fourth-order valence-corrected chi connectivity index (χ4v) is 2.15. The summed E-state index contributed by atoms with van der Waals surface area (Å²) in [6, 6.07) is 10.1. The molecule has 2 rings (SSSR count). The van der Waals surface area contributed by atoms with Crippen LogP contribution < -0.4 is 0 Å². The molecule has 0 saturated heterocycles. The second-order valence-corrected chi connectivity index (χ2v) is 4.19. The third kappa shape index (κ3) is 1.56. The van der Waals surface area contributed by atoms with Gasteiger partial charge in [0.05, 0.1) is 0 Å². The van der Waals surface area contributed by atoms with Crippen LogP contribution in [0.15, 0.2) is 45.0 Å². The average molecular weight is 224 g/mol. The monoisotopic (exact) mass is 224 g/mol. The van der Waals surface area contributed by atoms with Crippen molar-refractivity contribution in [2.24, 2.45) is 0 Å². The highest BCUT2D eigenvalue weighted by Crippen LogP contribution is 2.32. The van der Waals surface area contributed by atoms with Crippen molar-refractivity contribution in [3.63, 3.8) is 0 Å². The van der Waals surface area contributed by atoms with E-state index in [9.17, 15) is 0 Å². The average Bonchev–Trinajstić information content (AvgIpc) is 2.15. The molecule has 2 aromatic carbocycles. The Kier molecular flexibility index (Phi) is 2.49. The molecule has 3 heteroatoms. The van der Waals surface area contributed by atoms with Crippen LogP contribution in [0.5, 0.6) is 0 Å². The number of hydrogen-bond donors (Lipinski definition) is 3. The van der Waals surface area contributed by atoms with Crippen LogP contribution in [0.1, 0.15) is 0 Å². The van der Waals surface area contributed by atoms with Crippen molar-refractivity contribution in [2.75, 3.05) is 0 Å². The molecule has 0 amide bonds. The Morgan fingerprint density at radius 3 is 2.31 bits per heavy atom. The Bertz CT molecular complexity index is 463. The maximum atomic E-state index is 4.41. The fourth-order valence-electron chi connectivity index (χ4n) is 1.30. The first kappa shape index (κ1) is 9.31. The zero-order valence-electron chi connectivity index (χ0n) is 6.73. The molecule has 0 aliphatic carbocycles. The Labute approximate surface area is 93.6 Å². The van der Waals surface area contributed by atoms with Crippen molar-refractivity contribution in [1.29, 1.82) is 0 Å². The van der Waals surface area contributed by atoms with E-state index >= 15 is 0 Å². The van der Waals surface area contributed by atoms with E-state index in [-0.39, 0.29) is 0 Å². The number of rotatable bonds is 0. The number of fused-ring (bicyclic) bond motifs is 1. The van der Waals surface area contributed by atoms with E-state index < -0.39 is 0 Å². The second-order valence-electron chi connectivity index (χ2n) is 2.81. The zero-order valence-corrected chi connectivity index (χ0v) is 9.41. The molecular formula is C10H8S3. The van der Waals surface area contributed by atoms with Crippen LogP contribution in [0.25, 0.3) is 10.8 Å². The Morgan fingerprint density at radius 2 is 1.54 bits per heavy atom. The van der Waals surface area contributed by atoms with Gasteiger partial charge in [0.15, 0.2) is 0 Å². The van der Waals surface area contributed by atoms with Crippen LogP contribution in [0.2, 0.25) is 0 Å². The van der Waals surface area contributed by atoms with Crippen molar-refractivity contribution in [3.05, 3.63) is 30.3 Å². The molecule has 0 spiro atoms. The van der Waals surface area contributed by atoms with Gasteiger partial charge in [0.2, 0.25) is 0 Å². The summed E-state index contributed by atoms with van der Waals surface area (Å²) in [4.78, 5) is 2.60. The van der Waals surface area contributed by atoms with Crippen LogP contribution >= 0.6 is 37.9 Å². The number of hydrogen-bond acceptors (Lipinski definition) is 3. The lowest BCUT2D eigenvalue weighted by Gasteiger charge is -2.06. The Balaban J connectivity index is 2.94. The molecule has 13 heavy (non-hydrogen) atoms. The molecule has 0 aliphatic heterocycles. The molecule has 2 aromatic rings. The molecule has 0 nitrogen and oxygen atoms in total. The summed E-state index contributed by atoms with van der Waals surface area (Å²) >= 11 is 13.1. The van der Waals surface area contributed by atoms with Gasteiger partial charge in [-0.2, -0.15) is 0 Å². The molecule has 0 aromatic heterocycles. The Morgan fingerprint density at radius 1 is 0.846 bits per heavy atom. The molecule has 0 radical (unpaired) electrons. The van der Waals surface area contributed by atoms with E-state index in [0.717, 1.165) is 25.5 Å². The van der Waals surface area contributed by atoms with Gasteiger partial charge in [-0.15, -0.1) is 37.9 Å². The molecule has 0 atom stereocenters. The third-order valence-corrected chi connectivity index (χ3v) is 3.61. The van der Waals surface area contributed by atoms with Gasteiger partial charge in [-0.25, -0.2) is 0 Å². The minimum atomic E-state index is 0.838. The molecular weight excluding hydrogens is 216 g/mol. The molecule has 0 bridgehead atoms. The fraction of sp³-hybridized carbons (Fsp3) is 0. The van der Waals surface area contributed by atoms with Crippen molar-refractivity contribution < 1.29 is 0 Å². The highest BCUT2D eigenvalue weighted by atomic mass is 32.1. The predicted octanol–water partition coefficient (Wildman–Crippen LogP) is 3.71. The lowest BCUT2D eigenvalue weighted by molar-refractivity contribution is 1.18. The minimum Gasteiger partial charge on any atom is -0.142 e. The van der Waals surface area contributed by atoms with Gasteiger partial charge < -0.3 is 0 Å². The quantitative estimate of drug-likeness (QED) is 0.558. The van der Waals surface area contributed by atoms with Gasteiger partial charge in [0, 0.05) is 14.7 Å². The summed E-state index contributed by atoms with van der Waals surface area (Å²) < 4.78 is 0. The van der Waals surface area contributed by atoms with E-state index in [0.29, 0.717) is 0 Å². The summed E-state index contributed by atoms with van der Waals surface area (Å²) in [6.07, 6.45) is 0. The lowest BCUT2D eigenvalue weighted by atomic mass is 10.1. The first-order chi connectivity index (χ1) is 6.20. The van der Waals surface area contributed by atoms with Gasteiger partial charge in [0.25, 0.3) is 0 Å². The molecule has 0 saturated carbocycles. The predicted molar refractivity (Wildman–Crippen MR) is 65.7 cm³/mol. The van der Waals surface area contributed by atoms with Gasteiger partial charge in [-0.3, -0.25) is 0 Å². The first-order valence-corrected chi connectivity index (χ1v) is 5.17. The summed E-state index contributed by atoms with van der Waals surface area (Å²) in [5.74, 6) is 0. The first-order valence-electron chi connectivity index (χ1n) is 3.83. The standard InChI is InChI=1S/C10H8S3/c11-8-5-6-3-1-2-4-7(6)9(12)10(8)13/h1-5,11-13H. The van der Waals surface area contributed by atoms with Gasteiger partial charge in [-0.1, -0.05) is 24.3 Å². The highest BCUT2D eigenvalue weighted by Gasteiger charge is 2.04. The maximum absolute atomic E-state index is 4.41. The minimum absolute atomic E-state index is 0.838. The van der Waals surface area contributed by atoms with E-state index in [2.05, 4.69) is 37.9 Å².